The maximum Gasteiger partial charge on any atom is 0.283 e. The fourth-order valence-corrected chi connectivity index (χ4v) is 6.17. The van der Waals surface area contributed by atoms with Crippen molar-refractivity contribution in [2.24, 2.45) is 0 Å². The van der Waals surface area contributed by atoms with E-state index in [-0.39, 0.29) is 17.7 Å². The number of amides is 1. The van der Waals surface area contributed by atoms with E-state index in [0.29, 0.717) is 11.7 Å². The zero-order valence-electron chi connectivity index (χ0n) is 23.2. The minimum atomic E-state index is -3.76. The van der Waals surface area contributed by atoms with Crippen molar-refractivity contribution in [2.75, 3.05) is 31.4 Å². The number of ether oxygens (including phenoxy) is 1. The molecule has 1 saturated heterocycles. The normalized spacial score (nSPS) is 17.6. The third-order valence-corrected chi connectivity index (χ3v) is 8.38. The van der Waals surface area contributed by atoms with Crippen LogP contribution in [0.3, 0.4) is 0 Å². The van der Waals surface area contributed by atoms with Gasteiger partial charge in [0.2, 0.25) is 10.0 Å². The topological polar surface area (TPSA) is 119 Å². The molecule has 3 aromatic heterocycles. The second kappa shape index (κ2) is 11.2. The van der Waals surface area contributed by atoms with Crippen molar-refractivity contribution < 1.29 is 17.9 Å². The highest BCUT2D eigenvalue weighted by Gasteiger charge is 2.27. The fraction of sp³-hybridized carbons (Fsp3) is 0.571. The SMILES string of the molecule is CC(C)c1nn(C2CCCCC2)c2nc(C(=O)NS(C)(=O)=O)cc(-c3ccc(N(C)C4CCOCC4)nc3)c12. The average molecular weight is 555 g/mol. The molecule has 1 amide bonds. The standard InChI is InChI=1S/C28H38N6O4S/c1-18(2)26-25-22(19-10-11-24(29-17-19)33(3)20-12-14-38-15-13-20)16-23(28(35)32-39(4,36)37)30-27(25)34(31-26)21-8-6-5-7-9-21/h10-11,16-18,20-21H,5-9,12-15H2,1-4H3,(H,32,35). The van der Waals surface area contributed by atoms with Crippen molar-refractivity contribution >= 4 is 32.8 Å². The van der Waals surface area contributed by atoms with Gasteiger partial charge in [-0.2, -0.15) is 5.10 Å². The first kappa shape index (κ1) is 27.5. The number of nitrogens with one attached hydrogen (secondary N) is 1. The Morgan fingerprint density at radius 3 is 2.46 bits per heavy atom. The summed E-state index contributed by atoms with van der Waals surface area (Å²) >= 11 is 0. The molecule has 1 aliphatic carbocycles. The molecular formula is C28H38N6O4S. The second-order valence-electron chi connectivity index (χ2n) is 11.1. The molecular weight excluding hydrogens is 516 g/mol. The number of sulfonamides is 1. The van der Waals surface area contributed by atoms with Gasteiger partial charge in [-0.1, -0.05) is 33.1 Å². The largest absolute Gasteiger partial charge is 0.381 e. The summed E-state index contributed by atoms with van der Waals surface area (Å²) in [6.07, 6.45) is 10.1. The summed E-state index contributed by atoms with van der Waals surface area (Å²) in [5, 5.41) is 5.93. The smallest absolute Gasteiger partial charge is 0.283 e. The molecule has 2 aliphatic rings. The maximum atomic E-state index is 13.0. The van der Waals surface area contributed by atoms with E-state index in [1.165, 1.54) is 6.42 Å². The third-order valence-electron chi connectivity index (χ3n) is 7.83. The van der Waals surface area contributed by atoms with Gasteiger partial charge < -0.3 is 9.64 Å². The molecule has 0 bridgehead atoms. The molecule has 3 aromatic rings. The van der Waals surface area contributed by atoms with Crippen molar-refractivity contribution in [2.45, 2.75) is 76.8 Å². The highest BCUT2D eigenvalue weighted by atomic mass is 32.2. The molecule has 4 heterocycles. The monoisotopic (exact) mass is 554 g/mol. The number of nitrogens with zero attached hydrogens (tertiary/aromatic N) is 5. The lowest BCUT2D eigenvalue weighted by Gasteiger charge is -2.32. The molecule has 11 heteroatoms. The summed E-state index contributed by atoms with van der Waals surface area (Å²) in [6.45, 7) is 5.71. The number of carbonyl (C=O) groups excluding carboxylic acids is 1. The molecule has 5 rings (SSSR count). The number of pyridine rings is 2. The number of fused-ring (bicyclic) bond motifs is 1. The number of hydrogen-bond donors (Lipinski definition) is 1. The van der Waals surface area contributed by atoms with Crippen LogP contribution in [-0.4, -0.2) is 66.6 Å². The quantitative estimate of drug-likeness (QED) is 0.456. The van der Waals surface area contributed by atoms with Gasteiger partial charge in [-0.05, 0) is 55.4 Å². The van der Waals surface area contributed by atoms with Gasteiger partial charge in [0.05, 0.1) is 23.4 Å². The van der Waals surface area contributed by atoms with E-state index < -0.39 is 15.9 Å². The van der Waals surface area contributed by atoms with Crippen LogP contribution in [0.4, 0.5) is 5.82 Å². The summed E-state index contributed by atoms with van der Waals surface area (Å²) in [5.41, 5.74) is 3.17. The van der Waals surface area contributed by atoms with Crippen LogP contribution in [0.1, 0.15) is 86.9 Å². The second-order valence-corrected chi connectivity index (χ2v) is 12.8. The van der Waals surface area contributed by atoms with Crippen molar-refractivity contribution in [3.63, 3.8) is 0 Å². The molecule has 0 aromatic carbocycles. The Balaban J connectivity index is 1.64. The average Bonchev–Trinajstić information content (AvgIpc) is 3.32. The molecule has 1 N–H and O–H groups in total. The Hall–Kier alpha value is -3.05. The Morgan fingerprint density at radius 2 is 1.85 bits per heavy atom. The lowest BCUT2D eigenvalue weighted by Crippen LogP contribution is -2.37. The lowest BCUT2D eigenvalue weighted by molar-refractivity contribution is 0.0853. The number of hydrogen-bond acceptors (Lipinski definition) is 8. The van der Waals surface area contributed by atoms with E-state index in [0.717, 1.165) is 86.0 Å². The predicted molar refractivity (Wildman–Crippen MR) is 152 cm³/mol. The lowest BCUT2D eigenvalue weighted by atomic mass is 9.95. The van der Waals surface area contributed by atoms with E-state index in [9.17, 15) is 13.2 Å². The molecule has 0 atom stereocenters. The number of aromatic nitrogens is 4. The molecule has 0 unspecified atom stereocenters. The van der Waals surface area contributed by atoms with E-state index in [1.807, 2.05) is 23.0 Å². The zero-order valence-corrected chi connectivity index (χ0v) is 24.0. The summed E-state index contributed by atoms with van der Waals surface area (Å²) in [7, 11) is -1.70. The summed E-state index contributed by atoms with van der Waals surface area (Å²) in [5.74, 6) is 0.237. The number of anilines is 1. The molecule has 1 aliphatic heterocycles. The molecule has 210 valence electrons. The van der Waals surface area contributed by atoms with Crippen LogP contribution in [0.5, 0.6) is 0 Å². The first-order valence-corrected chi connectivity index (χ1v) is 15.7. The molecule has 10 nitrogen and oxygen atoms in total. The predicted octanol–water partition coefficient (Wildman–Crippen LogP) is 4.43. The summed E-state index contributed by atoms with van der Waals surface area (Å²) < 4.78 is 33.3. The Morgan fingerprint density at radius 1 is 1.13 bits per heavy atom. The van der Waals surface area contributed by atoms with Crippen LogP contribution >= 0.6 is 0 Å². The van der Waals surface area contributed by atoms with Gasteiger partial charge in [0.1, 0.15) is 11.5 Å². The fourth-order valence-electron chi connectivity index (χ4n) is 5.73. The first-order valence-electron chi connectivity index (χ1n) is 13.8. The Labute approximate surface area is 230 Å². The molecule has 2 fully saturated rings. The molecule has 39 heavy (non-hydrogen) atoms. The maximum absolute atomic E-state index is 13.0. The molecule has 0 spiro atoms. The van der Waals surface area contributed by atoms with Crippen molar-refractivity contribution in [3.8, 4) is 11.1 Å². The number of rotatable bonds is 7. The number of carbonyl (C=O) groups is 1. The van der Waals surface area contributed by atoms with Crippen molar-refractivity contribution in [3.05, 3.63) is 35.8 Å². The van der Waals surface area contributed by atoms with E-state index >= 15 is 0 Å². The van der Waals surface area contributed by atoms with Gasteiger partial charge in [-0.3, -0.25) is 4.79 Å². The van der Waals surface area contributed by atoms with Crippen LogP contribution in [0.25, 0.3) is 22.2 Å². The highest BCUT2D eigenvalue weighted by molar-refractivity contribution is 7.89. The van der Waals surface area contributed by atoms with Crippen LogP contribution in [0.15, 0.2) is 24.4 Å². The first-order chi connectivity index (χ1) is 18.6. The van der Waals surface area contributed by atoms with E-state index in [2.05, 4.69) is 30.5 Å². The minimum absolute atomic E-state index is 0.0404. The van der Waals surface area contributed by atoms with Gasteiger partial charge in [-0.15, -0.1) is 0 Å². The third kappa shape index (κ3) is 5.94. The summed E-state index contributed by atoms with van der Waals surface area (Å²) in [4.78, 5) is 24.7. The van der Waals surface area contributed by atoms with Crippen LogP contribution in [0.2, 0.25) is 0 Å². The van der Waals surface area contributed by atoms with Gasteiger partial charge in [-0.25, -0.2) is 27.8 Å². The van der Waals surface area contributed by atoms with E-state index in [4.69, 9.17) is 19.8 Å². The van der Waals surface area contributed by atoms with Gasteiger partial charge in [0.15, 0.2) is 5.65 Å². The van der Waals surface area contributed by atoms with Crippen molar-refractivity contribution in [1.29, 1.82) is 0 Å². The molecule has 1 saturated carbocycles. The molecule has 0 radical (unpaired) electrons. The zero-order chi connectivity index (χ0) is 27.7. The van der Waals surface area contributed by atoms with Crippen LogP contribution < -0.4 is 9.62 Å². The van der Waals surface area contributed by atoms with E-state index in [1.54, 1.807) is 6.07 Å². The summed E-state index contributed by atoms with van der Waals surface area (Å²) in [6, 6.07) is 6.23. The minimum Gasteiger partial charge on any atom is -0.381 e. The Kier molecular flexibility index (Phi) is 7.91. The Bertz CT molecular complexity index is 1440. The van der Waals surface area contributed by atoms with Gasteiger partial charge >= 0.3 is 0 Å². The van der Waals surface area contributed by atoms with Gasteiger partial charge in [0.25, 0.3) is 5.91 Å². The van der Waals surface area contributed by atoms with Crippen molar-refractivity contribution in [1.82, 2.24) is 24.5 Å². The van der Waals surface area contributed by atoms with Crippen LogP contribution in [0, 0.1) is 0 Å². The van der Waals surface area contributed by atoms with Crippen LogP contribution in [-0.2, 0) is 14.8 Å². The highest BCUT2D eigenvalue weighted by Crippen LogP contribution is 2.38. The van der Waals surface area contributed by atoms with Gasteiger partial charge in [0, 0.05) is 38.1 Å².